The predicted molar refractivity (Wildman–Crippen MR) is 250 cm³/mol. The SMILES string of the molecule is c1cc2cc(c1)N(c1ccc3c(c1)c1ccccc1n3-c1cccc3ccccc13)c1cccc(c1)-c1cccc(c1)N(c1cccc3ccccc13)c1cccc-2c1. The van der Waals surface area contributed by atoms with Crippen LogP contribution in [-0.2, 0) is 0 Å². The van der Waals surface area contributed by atoms with E-state index in [2.05, 4.69) is 239 Å². The number of hydrogen-bond acceptors (Lipinski definition) is 2. The largest absolute Gasteiger partial charge is 0.310 e. The van der Waals surface area contributed by atoms with Crippen LogP contribution >= 0.6 is 0 Å². The van der Waals surface area contributed by atoms with Gasteiger partial charge in [-0.2, -0.15) is 0 Å². The molecule has 0 fully saturated rings. The van der Waals surface area contributed by atoms with E-state index in [1.807, 2.05) is 0 Å². The lowest BCUT2D eigenvalue weighted by Gasteiger charge is -2.29. The Kier molecular flexibility index (Phi) is 7.54. The van der Waals surface area contributed by atoms with Gasteiger partial charge in [0.25, 0.3) is 0 Å². The maximum atomic E-state index is 2.43. The molecule has 1 aliphatic heterocycles. The van der Waals surface area contributed by atoms with Crippen LogP contribution in [0, 0.1) is 0 Å². The number of benzene rings is 10. The fourth-order valence-corrected chi connectivity index (χ4v) is 9.34. The molecule has 0 saturated carbocycles. The van der Waals surface area contributed by atoms with Gasteiger partial charge in [0.05, 0.1) is 22.4 Å². The second kappa shape index (κ2) is 13.4. The Labute approximate surface area is 342 Å². The Morgan fingerprint density at radius 1 is 0.237 bits per heavy atom. The minimum Gasteiger partial charge on any atom is -0.310 e. The number of aromatic nitrogens is 1. The molecule has 3 nitrogen and oxygen atoms in total. The molecule has 0 spiro atoms. The van der Waals surface area contributed by atoms with Gasteiger partial charge in [0, 0.05) is 50.0 Å². The summed E-state index contributed by atoms with van der Waals surface area (Å²) in [5.41, 5.74) is 14.8. The first-order valence-electron chi connectivity index (χ1n) is 20.3. The van der Waals surface area contributed by atoms with E-state index < -0.39 is 0 Å². The van der Waals surface area contributed by atoms with Crippen molar-refractivity contribution in [2.24, 2.45) is 0 Å². The highest BCUT2D eigenvalue weighted by atomic mass is 15.2. The first kappa shape index (κ1) is 33.3. The number of rotatable bonds is 3. The van der Waals surface area contributed by atoms with Gasteiger partial charge < -0.3 is 14.4 Å². The van der Waals surface area contributed by atoms with Gasteiger partial charge in [-0.25, -0.2) is 0 Å². The highest BCUT2D eigenvalue weighted by Gasteiger charge is 2.21. The lowest BCUT2D eigenvalue weighted by molar-refractivity contribution is 1.20. The molecule has 8 bridgehead atoms. The second-order valence-corrected chi connectivity index (χ2v) is 15.4. The van der Waals surface area contributed by atoms with E-state index in [0.29, 0.717) is 0 Å². The number of fused-ring (bicyclic) bond motifs is 15. The van der Waals surface area contributed by atoms with E-state index in [1.165, 1.54) is 49.0 Å². The average molecular weight is 752 g/mol. The van der Waals surface area contributed by atoms with Crippen molar-refractivity contribution in [1.82, 2.24) is 4.57 Å². The third kappa shape index (κ3) is 5.44. The summed E-state index contributed by atoms with van der Waals surface area (Å²) in [5, 5.41) is 7.34. The highest BCUT2D eigenvalue weighted by Crippen LogP contribution is 2.45. The lowest BCUT2D eigenvalue weighted by atomic mass is 9.99. The number of anilines is 6. The van der Waals surface area contributed by atoms with Crippen molar-refractivity contribution in [2.45, 2.75) is 0 Å². The Hall–Kier alpha value is -7.88. The van der Waals surface area contributed by atoms with Gasteiger partial charge in [-0.05, 0) is 118 Å². The molecule has 1 aliphatic rings. The normalized spacial score (nSPS) is 12.3. The predicted octanol–water partition coefficient (Wildman–Crippen LogP) is 15.7. The summed E-state index contributed by atoms with van der Waals surface area (Å²) in [7, 11) is 0. The molecule has 12 rings (SSSR count). The first-order chi connectivity index (χ1) is 29.2. The van der Waals surface area contributed by atoms with Crippen LogP contribution in [-0.4, -0.2) is 4.57 Å². The number of hydrogen-bond donors (Lipinski definition) is 0. The molecule has 0 aliphatic carbocycles. The Bertz CT molecular complexity index is 3330. The van der Waals surface area contributed by atoms with Crippen molar-refractivity contribution in [3.05, 3.63) is 224 Å². The zero-order valence-electron chi connectivity index (χ0n) is 32.2. The summed E-state index contributed by atoms with van der Waals surface area (Å²) in [4.78, 5) is 4.82. The third-order valence-electron chi connectivity index (χ3n) is 12.0. The van der Waals surface area contributed by atoms with E-state index in [1.54, 1.807) is 0 Å². The van der Waals surface area contributed by atoms with Gasteiger partial charge >= 0.3 is 0 Å². The fourth-order valence-electron chi connectivity index (χ4n) is 9.34. The molecule has 0 unspecified atom stereocenters. The summed E-state index contributed by atoms with van der Waals surface area (Å²) in [6.45, 7) is 0. The highest BCUT2D eigenvalue weighted by molar-refractivity contribution is 6.12. The Balaban J connectivity index is 1.08. The number of para-hydroxylation sites is 1. The van der Waals surface area contributed by atoms with Crippen LogP contribution in [0.3, 0.4) is 0 Å². The van der Waals surface area contributed by atoms with E-state index >= 15 is 0 Å². The molecule has 11 aromatic rings. The van der Waals surface area contributed by atoms with Gasteiger partial charge in [-0.3, -0.25) is 0 Å². The van der Waals surface area contributed by atoms with E-state index in [9.17, 15) is 0 Å². The second-order valence-electron chi connectivity index (χ2n) is 15.4. The molecule has 276 valence electrons. The zero-order chi connectivity index (χ0) is 38.9. The zero-order valence-corrected chi connectivity index (χ0v) is 32.2. The summed E-state index contributed by atoms with van der Waals surface area (Å²) in [5.74, 6) is 0. The standard InChI is InChI=1S/C56H37N3/c1-3-25-49-38(13-1)15-11-29-53(49)58-46-23-9-19-42(35-46)40-17-7-21-44(33-40)57(45-22-8-18-41(34-45)43-20-10-24-47(58)36-43)48-31-32-56-52(37-48)51-27-5-6-28-55(51)59(56)54-30-12-16-39-14-2-4-26-50(39)54/h1-37H. The molecule has 0 saturated heterocycles. The summed E-state index contributed by atoms with van der Waals surface area (Å²) >= 11 is 0. The lowest BCUT2D eigenvalue weighted by Crippen LogP contribution is -2.11. The van der Waals surface area contributed by atoms with Crippen LogP contribution in [0.1, 0.15) is 0 Å². The van der Waals surface area contributed by atoms with Crippen LogP contribution in [0.5, 0.6) is 0 Å². The molecule has 3 heteroatoms. The van der Waals surface area contributed by atoms with Gasteiger partial charge in [-0.1, -0.05) is 140 Å². The van der Waals surface area contributed by atoms with Crippen LogP contribution in [0.25, 0.3) is 71.3 Å². The molecular weight excluding hydrogens is 715 g/mol. The van der Waals surface area contributed by atoms with Crippen molar-refractivity contribution in [3.8, 4) is 27.9 Å². The Morgan fingerprint density at radius 3 is 1.22 bits per heavy atom. The minimum atomic E-state index is 1.10. The molecule has 10 aromatic carbocycles. The molecular formula is C56H37N3. The molecule has 0 N–H and O–H groups in total. The first-order valence-corrected chi connectivity index (χ1v) is 20.3. The van der Waals surface area contributed by atoms with Gasteiger partial charge in [0.15, 0.2) is 0 Å². The monoisotopic (exact) mass is 751 g/mol. The van der Waals surface area contributed by atoms with Crippen molar-refractivity contribution in [3.63, 3.8) is 0 Å². The van der Waals surface area contributed by atoms with Crippen LogP contribution in [0.15, 0.2) is 224 Å². The van der Waals surface area contributed by atoms with Crippen molar-refractivity contribution in [2.75, 3.05) is 9.80 Å². The van der Waals surface area contributed by atoms with E-state index in [4.69, 9.17) is 0 Å². The Morgan fingerprint density at radius 2 is 0.644 bits per heavy atom. The van der Waals surface area contributed by atoms with Crippen molar-refractivity contribution in [1.29, 1.82) is 0 Å². The van der Waals surface area contributed by atoms with E-state index in [0.717, 1.165) is 56.4 Å². The quantitative estimate of drug-likeness (QED) is 0.178. The average Bonchev–Trinajstić information content (AvgIpc) is 3.63. The molecule has 0 amide bonds. The van der Waals surface area contributed by atoms with Crippen LogP contribution in [0.4, 0.5) is 34.1 Å². The van der Waals surface area contributed by atoms with Crippen molar-refractivity contribution >= 4 is 77.5 Å². The smallest absolute Gasteiger partial charge is 0.0542 e. The molecule has 59 heavy (non-hydrogen) atoms. The fraction of sp³-hybridized carbons (Fsp3) is 0. The van der Waals surface area contributed by atoms with Gasteiger partial charge in [0.1, 0.15) is 0 Å². The maximum absolute atomic E-state index is 2.43. The topological polar surface area (TPSA) is 11.4 Å². The number of nitrogens with zero attached hydrogens (tertiary/aromatic N) is 3. The molecule has 0 atom stereocenters. The third-order valence-corrected chi connectivity index (χ3v) is 12.0. The summed E-state index contributed by atoms with van der Waals surface area (Å²) in [6, 6.07) is 82.2. The van der Waals surface area contributed by atoms with Crippen LogP contribution in [0.2, 0.25) is 0 Å². The molecule has 1 aromatic heterocycles. The van der Waals surface area contributed by atoms with Crippen LogP contribution < -0.4 is 9.80 Å². The molecule has 2 heterocycles. The van der Waals surface area contributed by atoms with E-state index in [-0.39, 0.29) is 0 Å². The van der Waals surface area contributed by atoms with Crippen molar-refractivity contribution < 1.29 is 0 Å². The minimum absolute atomic E-state index is 1.10. The summed E-state index contributed by atoms with van der Waals surface area (Å²) < 4.78 is 2.43. The van der Waals surface area contributed by atoms with Gasteiger partial charge in [-0.15, -0.1) is 0 Å². The summed E-state index contributed by atoms with van der Waals surface area (Å²) in [6.07, 6.45) is 0. The maximum Gasteiger partial charge on any atom is 0.0542 e. The van der Waals surface area contributed by atoms with Gasteiger partial charge in [0.2, 0.25) is 0 Å². The molecule has 0 radical (unpaired) electrons.